The van der Waals surface area contributed by atoms with Gasteiger partial charge in [-0.25, -0.2) is 4.98 Å². The maximum absolute atomic E-state index is 13.0. The fourth-order valence-electron chi connectivity index (χ4n) is 4.79. The molecule has 8 nitrogen and oxygen atoms in total. The van der Waals surface area contributed by atoms with E-state index < -0.39 is 5.97 Å². The Morgan fingerprint density at radius 1 is 0.894 bits per heavy atom. The molecule has 1 aromatic heterocycles. The number of carbonyl (C=O) groups excluding carboxylic acids is 1. The van der Waals surface area contributed by atoms with Crippen LogP contribution in [-0.2, 0) is 22.7 Å². The van der Waals surface area contributed by atoms with Gasteiger partial charge >= 0.3 is 5.97 Å². The number of nitrogens with zero attached hydrogens (tertiary/aromatic N) is 2. The van der Waals surface area contributed by atoms with Crippen LogP contribution >= 0.6 is 23.2 Å². The SMILES string of the molecule is COc1ccc(CNC(=O)Cn2cc(-c3ccc(Cl)cc3Cl)nc2/C=C/c2ccc(-c3ccc(OCCCC(=O)O)cc3)cc2)cc1. The summed E-state index contributed by atoms with van der Waals surface area (Å²) in [5, 5.41) is 12.7. The largest absolute Gasteiger partial charge is 0.497 e. The number of nitrogens with one attached hydrogen (secondary N) is 1. The van der Waals surface area contributed by atoms with E-state index in [4.69, 9.17) is 42.8 Å². The Balaban J connectivity index is 1.28. The molecule has 0 bridgehead atoms. The Morgan fingerprint density at radius 3 is 2.23 bits per heavy atom. The van der Waals surface area contributed by atoms with Gasteiger partial charge in [0, 0.05) is 29.7 Å². The maximum atomic E-state index is 13.0. The van der Waals surface area contributed by atoms with Crippen molar-refractivity contribution < 1.29 is 24.2 Å². The summed E-state index contributed by atoms with van der Waals surface area (Å²) in [7, 11) is 1.61. The average Bonchev–Trinajstić information content (AvgIpc) is 3.47. The second-order valence-electron chi connectivity index (χ2n) is 10.7. The highest BCUT2D eigenvalue weighted by molar-refractivity contribution is 6.36. The van der Waals surface area contributed by atoms with Crippen LogP contribution < -0.4 is 14.8 Å². The molecule has 4 aromatic carbocycles. The van der Waals surface area contributed by atoms with E-state index in [0.29, 0.717) is 52.4 Å². The van der Waals surface area contributed by atoms with Crippen LogP contribution in [0.3, 0.4) is 0 Å². The number of rotatable bonds is 14. The van der Waals surface area contributed by atoms with Gasteiger partial charge in [-0.1, -0.05) is 77.8 Å². The fraction of sp³-hybridized carbons (Fsp3) is 0.162. The molecule has 240 valence electrons. The molecule has 0 aliphatic carbocycles. The van der Waals surface area contributed by atoms with Crippen LogP contribution in [0.5, 0.6) is 11.5 Å². The van der Waals surface area contributed by atoms with Crippen LogP contribution in [0.25, 0.3) is 34.5 Å². The predicted octanol–water partition coefficient (Wildman–Crippen LogP) is 8.26. The minimum absolute atomic E-state index is 0.0617. The molecule has 2 N–H and O–H groups in total. The van der Waals surface area contributed by atoms with Crippen molar-refractivity contribution in [3.63, 3.8) is 0 Å². The summed E-state index contributed by atoms with van der Waals surface area (Å²) in [6.45, 7) is 0.799. The normalized spacial score (nSPS) is 11.0. The smallest absolute Gasteiger partial charge is 0.303 e. The highest BCUT2D eigenvalue weighted by Crippen LogP contribution is 2.30. The molecule has 5 aromatic rings. The summed E-state index contributed by atoms with van der Waals surface area (Å²) in [4.78, 5) is 28.5. The van der Waals surface area contributed by atoms with Gasteiger partial charge in [-0.05, 0) is 77.2 Å². The van der Waals surface area contributed by atoms with Gasteiger partial charge in [0.25, 0.3) is 0 Å². The van der Waals surface area contributed by atoms with Crippen molar-refractivity contribution >= 4 is 47.2 Å². The Hall–Kier alpha value is -5.05. The predicted molar refractivity (Wildman–Crippen MR) is 186 cm³/mol. The van der Waals surface area contributed by atoms with Crippen molar-refractivity contribution in [3.8, 4) is 33.9 Å². The van der Waals surface area contributed by atoms with Crippen LogP contribution in [0, 0.1) is 0 Å². The maximum Gasteiger partial charge on any atom is 0.303 e. The Kier molecular flexibility index (Phi) is 11.3. The third-order valence-electron chi connectivity index (χ3n) is 7.30. The van der Waals surface area contributed by atoms with E-state index in [2.05, 4.69) is 5.32 Å². The van der Waals surface area contributed by atoms with E-state index in [9.17, 15) is 9.59 Å². The van der Waals surface area contributed by atoms with Crippen molar-refractivity contribution in [2.24, 2.45) is 0 Å². The van der Waals surface area contributed by atoms with E-state index in [-0.39, 0.29) is 18.9 Å². The first-order chi connectivity index (χ1) is 22.8. The molecule has 0 atom stereocenters. The lowest BCUT2D eigenvalue weighted by Gasteiger charge is -2.08. The van der Waals surface area contributed by atoms with Crippen molar-refractivity contribution in [2.45, 2.75) is 25.9 Å². The molecule has 0 spiro atoms. The number of benzene rings is 4. The molecule has 1 amide bonds. The molecule has 0 unspecified atom stereocenters. The fourth-order valence-corrected chi connectivity index (χ4v) is 5.29. The van der Waals surface area contributed by atoms with Crippen LogP contribution in [0.1, 0.15) is 29.8 Å². The molecular formula is C37H33Cl2N3O5. The molecule has 47 heavy (non-hydrogen) atoms. The second-order valence-corrected chi connectivity index (χ2v) is 11.5. The van der Waals surface area contributed by atoms with Crippen molar-refractivity contribution in [1.29, 1.82) is 0 Å². The zero-order valence-electron chi connectivity index (χ0n) is 25.7. The number of imidazole rings is 1. The van der Waals surface area contributed by atoms with Crippen molar-refractivity contribution in [1.82, 2.24) is 14.9 Å². The topological polar surface area (TPSA) is 103 Å². The number of aromatic nitrogens is 2. The summed E-state index contributed by atoms with van der Waals surface area (Å²) in [5.41, 5.74) is 5.31. The summed E-state index contributed by atoms with van der Waals surface area (Å²) >= 11 is 12.6. The van der Waals surface area contributed by atoms with Gasteiger partial charge < -0.3 is 24.5 Å². The zero-order chi connectivity index (χ0) is 33.2. The number of hydrogen-bond donors (Lipinski definition) is 2. The lowest BCUT2D eigenvalue weighted by molar-refractivity contribution is -0.137. The van der Waals surface area contributed by atoms with E-state index >= 15 is 0 Å². The number of halogens is 2. The first kappa shape index (κ1) is 33.3. The molecule has 10 heteroatoms. The summed E-state index contributed by atoms with van der Waals surface area (Å²) in [6.07, 6.45) is 6.17. The number of amides is 1. The zero-order valence-corrected chi connectivity index (χ0v) is 27.2. The molecule has 5 rings (SSSR count). The van der Waals surface area contributed by atoms with Gasteiger partial charge in [0.2, 0.25) is 5.91 Å². The van der Waals surface area contributed by atoms with Crippen LogP contribution in [0.4, 0.5) is 0 Å². The third-order valence-corrected chi connectivity index (χ3v) is 7.85. The quantitative estimate of drug-likeness (QED) is 0.115. The van der Waals surface area contributed by atoms with Gasteiger partial charge in [-0.2, -0.15) is 0 Å². The lowest BCUT2D eigenvalue weighted by Crippen LogP contribution is -2.27. The highest BCUT2D eigenvalue weighted by Gasteiger charge is 2.14. The molecule has 0 fully saturated rings. The van der Waals surface area contributed by atoms with E-state index in [1.165, 1.54) is 0 Å². The van der Waals surface area contributed by atoms with Gasteiger partial charge in [-0.15, -0.1) is 0 Å². The first-order valence-corrected chi connectivity index (χ1v) is 15.7. The van der Waals surface area contributed by atoms with Gasteiger partial charge in [0.05, 0.1) is 24.4 Å². The first-order valence-electron chi connectivity index (χ1n) is 14.9. The Labute approximate surface area is 283 Å². The summed E-state index contributed by atoms with van der Waals surface area (Å²) < 4.78 is 12.6. The van der Waals surface area contributed by atoms with Gasteiger partial charge in [-0.3, -0.25) is 9.59 Å². The standard InChI is InChI=1S/C37H33Cl2N3O5/c1-46-30-14-6-26(7-15-30)22-40-36(43)24-42-23-34(32-18-13-29(38)21-33(32)39)41-35(42)19-8-25-4-9-27(10-5-25)28-11-16-31(17-12-28)47-20-2-3-37(44)45/h4-19,21,23H,2-3,20,22,24H2,1H3,(H,40,43)(H,44,45)/b19-8+. The van der Waals surface area contributed by atoms with E-state index in [1.54, 1.807) is 23.8 Å². The van der Waals surface area contributed by atoms with Gasteiger partial charge in [0.1, 0.15) is 23.9 Å². The molecule has 0 radical (unpaired) electrons. The van der Waals surface area contributed by atoms with Crippen LogP contribution in [0.15, 0.2) is 97.2 Å². The number of carbonyl (C=O) groups is 2. The minimum Gasteiger partial charge on any atom is -0.497 e. The van der Waals surface area contributed by atoms with Gasteiger partial charge in [0.15, 0.2) is 0 Å². The van der Waals surface area contributed by atoms with Crippen molar-refractivity contribution in [3.05, 3.63) is 124 Å². The number of carboxylic acid groups (broad SMARTS) is 1. The number of hydrogen-bond acceptors (Lipinski definition) is 5. The molecule has 0 saturated heterocycles. The number of ether oxygens (including phenoxy) is 2. The van der Waals surface area contributed by atoms with E-state index in [0.717, 1.165) is 28.0 Å². The number of carboxylic acids is 1. The van der Waals surface area contributed by atoms with Crippen LogP contribution in [0.2, 0.25) is 10.0 Å². The average molecular weight is 671 g/mol. The second kappa shape index (κ2) is 16.0. The van der Waals surface area contributed by atoms with Crippen LogP contribution in [-0.4, -0.2) is 40.3 Å². The lowest BCUT2D eigenvalue weighted by atomic mass is 10.0. The molecule has 0 aliphatic heterocycles. The summed E-state index contributed by atoms with van der Waals surface area (Å²) in [5.74, 6) is 1.05. The Morgan fingerprint density at radius 2 is 1.57 bits per heavy atom. The molecule has 0 saturated carbocycles. The van der Waals surface area contributed by atoms with Crippen molar-refractivity contribution in [2.75, 3.05) is 13.7 Å². The van der Waals surface area contributed by atoms with E-state index in [1.807, 2.05) is 97.2 Å². The highest BCUT2D eigenvalue weighted by atomic mass is 35.5. The molecule has 0 aliphatic rings. The molecule has 1 heterocycles. The monoisotopic (exact) mass is 669 g/mol. The Bertz CT molecular complexity index is 1850. The third kappa shape index (κ3) is 9.48. The number of aliphatic carboxylic acids is 1. The summed E-state index contributed by atoms with van der Waals surface area (Å²) in [6, 6.07) is 28.5. The molecular weight excluding hydrogens is 637 g/mol. The number of methoxy groups -OCH3 is 1. The minimum atomic E-state index is -0.829.